The number of hydrazone groups is 1. The van der Waals surface area contributed by atoms with Gasteiger partial charge in [-0.2, -0.15) is 5.10 Å². The van der Waals surface area contributed by atoms with Crippen LogP contribution in [0.15, 0.2) is 50.4 Å². The molecule has 0 atom stereocenters. The zero-order valence-corrected chi connectivity index (χ0v) is 13.9. The zero-order chi connectivity index (χ0) is 14.4. The quantitative estimate of drug-likeness (QED) is 0.434. The molecule has 20 heavy (non-hydrogen) atoms. The van der Waals surface area contributed by atoms with Crippen molar-refractivity contribution in [1.82, 2.24) is 5.43 Å². The van der Waals surface area contributed by atoms with Crippen molar-refractivity contribution < 1.29 is 13.9 Å². The lowest BCUT2D eigenvalue weighted by Gasteiger charge is -2.04. The van der Waals surface area contributed by atoms with E-state index < -0.39 is 0 Å². The van der Waals surface area contributed by atoms with Crippen LogP contribution in [0.4, 0.5) is 0 Å². The molecule has 1 N–H and O–H groups in total. The molecule has 1 aromatic heterocycles. The van der Waals surface area contributed by atoms with Crippen LogP contribution in [-0.2, 0) is 4.79 Å². The maximum Gasteiger partial charge on any atom is 0.277 e. The lowest BCUT2D eigenvalue weighted by molar-refractivity contribution is -0.123. The maximum atomic E-state index is 11.5. The summed E-state index contributed by atoms with van der Waals surface area (Å²) < 4.78 is 12.2. The predicted molar refractivity (Wildman–Crippen MR) is 86.8 cm³/mol. The van der Waals surface area contributed by atoms with Gasteiger partial charge in [0.1, 0.15) is 11.5 Å². The molecule has 1 amide bonds. The molecule has 0 aliphatic heterocycles. The third kappa shape index (κ3) is 4.97. The average molecular weight is 449 g/mol. The molecule has 1 heterocycles. The number of carbonyl (C=O) groups is 1. The van der Waals surface area contributed by atoms with E-state index in [1.54, 1.807) is 24.3 Å². The Morgan fingerprint density at radius 3 is 3.00 bits per heavy atom. The van der Waals surface area contributed by atoms with Crippen LogP contribution in [0.25, 0.3) is 0 Å². The minimum atomic E-state index is -0.345. The standard InChI is InChI=1S/C13H10BrIN2O3/c14-9-2-1-3-10(6-9)19-8-13(18)17-16-7-11-4-5-12(15)20-11/h1-7H,8H2,(H,17,18)/b16-7+. The van der Waals surface area contributed by atoms with E-state index in [0.29, 0.717) is 11.5 Å². The van der Waals surface area contributed by atoms with E-state index in [2.05, 4.69) is 26.5 Å². The van der Waals surface area contributed by atoms with Gasteiger partial charge < -0.3 is 9.15 Å². The van der Waals surface area contributed by atoms with Crippen molar-refractivity contribution in [3.63, 3.8) is 0 Å². The fourth-order valence-electron chi connectivity index (χ4n) is 1.30. The summed E-state index contributed by atoms with van der Waals surface area (Å²) in [5, 5.41) is 3.77. The van der Waals surface area contributed by atoms with Crippen LogP contribution >= 0.6 is 38.5 Å². The van der Waals surface area contributed by atoms with Gasteiger partial charge in [-0.05, 0) is 52.9 Å². The van der Waals surface area contributed by atoms with Crippen molar-refractivity contribution in [2.24, 2.45) is 5.10 Å². The van der Waals surface area contributed by atoms with E-state index >= 15 is 0 Å². The van der Waals surface area contributed by atoms with Crippen molar-refractivity contribution >= 4 is 50.6 Å². The highest BCUT2D eigenvalue weighted by Gasteiger charge is 2.02. The first-order valence-corrected chi connectivity index (χ1v) is 7.46. The highest BCUT2D eigenvalue weighted by Crippen LogP contribution is 2.17. The fraction of sp³-hybridized carbons (Fsp3) is 0.0769. The SMILES string of the molecule is O=C(COc1cccc(Br)c1)N/N=C/c1ccc(I)o1. The molecule has 0 bridgehead atoms. The molecule has 0 fully saturated rings. The number of ether oxygens (including phenoxy) is 1. The Morgan fingerprint density at radius 2 is 2.30 bits per heavy atom. The molecule has 0 radical (unpaired) electrons. The summed E-state index contributed by atoms with van der Waals surface area (Å²) in [4.78, 5) is 11.5. The van der Waals surface area contributed by atoms with Gasteiger partial charge in [0.2, 0.25) is 0 Å². The Labute approximate surface area is 137 Å². The number of benzene rings is 1. The number of hydrogen-bond donors (Lipinski definition) is 1. The van der Waals surface area contributed by atoms with Crippen LogP contribution in [0.1, 0.15) is 5.76 Å². The van der Waals surface area contributed by atoms with E-state index in [1.165, 1.54) is 6.21 Å². The second kappa shape index (κ2) is 7.44. The third-order valence-electron chi connectivity index (χ3n) is 2.14. The molecule has 0 aliphatic rings. The number of amides is 1. The van der Waals surface area contributed by atoms with E-state index in [1.807, 2.05) is 34.7 Å². The third-order valence-corrected chi connectivity index (χ3v) is 3.21. The molecule has 7 heteroatoms. The number of nitrogens with zero attached hydrogens (tertiary/aromatic N) is 1. The normalized spacial score (nSPS) is 10.7. The first-order chi connectivity index (χ1) is 9.63. The molecule has 2 aromatic rings. The van der Waals surface area contributed by atoms with Gasteiger partial charge in [-0.1, -0.05) is 22.0 Å². The van der Waals surface area contributed by atoms with Crippen molar-refractivity contribution in [1.29, 1.82) is 0 Å². The molecule has 1 aromatic carbocycles. The molecular weight excluding hydrogens is 439 g/mol. The van der Waals surface area contributed by atoms with Gasteiger partial charge in [-0.25, -0.2) is 5.43 Å². The summed E-state index contributed by atoms with van der Waals surface area (Å²) in [6.45, 7) is -0.108. The van der Waals surface area contributed by atoms with Gasteiger partial charge in [0, 0.05) is 4.47 Å². The van der Waals surface area contributed by atoms with Crippen LogP contribution in [0.5, 0.6) is 5.75 Å². The summed E-state index contributed by atoms with van der Waals surface area (Å²) >= 11 is 5.37. The van der Waals surface area contributed by atoms with Gasteiger partial charge >= 0.3 is 0 Å². The zero-order valence-electron chi connectivity index (χ0n) is 10.2. The van der Waals surface area contributed by atoms with Crippen LogP contribution in [0, 0.1) is 3.77 Å². The predicted octanol–water partition coefficient (Wildman–Crippen LogP) is 3.18. The Hall–Kier alpha value is -1.35. The minimum Gasteiger partial charge on any atom is -0.484 e. The number of hydrogen-bond acceptors (Lipinski definition) is 4. The molecule has 0 saturated carbocycles. The van der Waals surface area contributed by atoms with Crippen molar-refractivity contribution in [2.75, 3.05) is 6.61 Å². The number of halogens is 2. The molecule has 0 spiro atoms. The van der Waals surface area contributed by atoms with E-state index in [9.17, 15) is 4.79 Å². The molecule has 0 saturated heterocycles. The van der Waals surface area contributed by atoms with Crippen LogP contribution in [0.3, 0.4) is 0 Å². The summed E-state index contributed by atoms with van der Waals surface area (Å²) in [7, 11) is 0. The number of carbonyl (C=O) groups excluding carboxylic acids is 1. The monoisotopic (exact) mass is 448 g/mol. The average Bonchev–Trinajstić information content (AvgIpc) is 2.82. The Kier molecular flexibility index (Phi) is 5.60. The molecular formula is C13H10BrIN2O3. The van der Waals surface area contributed by atoms with Crippen LogP contribution in [-0.4, -0.2) is 18.7 Å². The van der Waals surface area contributed by atoms with Crippen molar-refractivity contribution in [3.8, 4) is 5.75 Å². The molecule has 5 nitrogen and oxygen atoms in total. The van der Waals surface area contributed by atoms with Gasteiger partial charge in [-0.15, -0.1) is 0 Å². The summed E-state index contributed by atoms with van der Waals surface area (Å²) in [5.74, 6) is 0.837. The van der Waals surface area contributed by atoms with E-state index in [4.69, 9.17) is 9.15 Å². The number of furan rings is 1. The summed E-state index contributed by atoms with van der Waals surface area (Å²) in [6.07, 6.45) is 1.43. The lowest BCUT2D eigenvalue weighted by Crippen LogP contribution is -2.24. The van der Waals surface area contributed by atoms with Crippen LogP contribution < -0.4 is 10.2 Å². The largest absolute Gasteiger partial charge is 0.484 e. The number of nitrogens with one attached hydrogen (secondary N) is 1. The smallest absolute Gasteiger partial charge is 0.277 e. The lowest BCUT2D eigenvalue weighted by atomic mass is 10.3. The highest BCUT2D eigenvalue weighted by atomic mass is 127. The molecule has 0 aliphatic carbocycles. The summed E-state index contributed by atoms with van der Waals surface area (Å²) in [5.41, 5.74) is 2.36. The van der Waals surface area contributed by atoms with E-state index in [-0.39, 0.29) is 12.5 Å². The first-order valence-electron chi connectivity index (χ1n) is 5.59. The molecule has 2 rings (SSSR count). The van der Waals surface area contributed by atoms with Gasteiger partial charge in [0.25, 0.3) is 5.91 Å². The molecule has 104 valence electrons. The molecule has 0 unspecified atom stereocenters. The fourth-order valence-corrected chi connectivity index (χ4v) is 2.12. The van der Waals surface area contributed by atoms with Gasteiger partial charge in [0.15, 0.2) is 10.4 Å². The highest BCUT2D eigenvalue weighted by molar-refractivity contribution is 14.1. The van der Waals surface area contributed by atoms with Gasteiger partial charge in [-0.3, -0.25) is 4.79 Å². The van der Waals surface area contributed by atoms with Gasteiger partial charge in [0.05, 0.1) is 6.21 Å². The Bertz CT molecular complexity index is 628. The maximum absolute atomic E-state index is 11.5. The first kappa shape index (κ1) is 15.0. The second-order valence-corrected chi connectivity index (χ2v) is 5.66. The summed E-state index contributed by atoms with van der Waals surface area (Å²) in [6, 6.07) is 10.8. The van der Waals surface area contributed by atoms with Crippen molar-refractivity contribution in [3.05, 3.63) is 50.4 Å². The van der Waals surface area contributed by atoms with E-state index in [0.717, 1.165) is 8.24 Å². The Morgan fingerprint density at radius 1 is 1.45 bits per heavy atom. The van der Waals surface area contributed by atoms with Crippen LogP contribution in [0.2, 0.25) is 0 Å². The Balaban J connectivity index is 1.77. The number of rotatable bonds is 5. The topological polar surface area (TPSA) is 63.8 Å². The van der Waals surface area contributed by atoms with Crippen molar-refractivity contribution in [2.45, 2.75) is 0 Å². The second-order valence-electron chi connectivity index (χ2n) is 3.68. The minimum absolute atomic E-state index is 0.108.